The standard InChI is InChI=1S/C8H17NO4/c1-5(2)7(9)8(12)13-4-6(11)3-10/h5-7,10-11H,3-4,9H2,1-2H3/t6?,7-/m0/s1. The molecule has 0 fully saturated rings. The number of rotatable bonds is 5. The first-order valence-electron chi connectivity index (χ1n) is 4.20. The van der Waals surface area contributed by atoms with Gasteiger partial charge in [-0.3, -0.25) is 4.79 Å². The first-order valence-corrected chi connectivity index (χ1v) is 4.20. The molecule has 1 unspecified atom stereocenters. The van der Waals surface area contributed by atoms with Gasteiger partial charge in [0.15, 0.2) is 0 Å². The highest BCUT2D eigenvalue weighted by Crippen LogP contribution is 2.00. The number of carbonyl (C=O) groups excluding carboxylic acids is 1. The lowest BCUT2D eigenvalue weighted by atomic mass is 10.1. The molecule has 0 saturated heterocycles. The molecule has 0 aliphatic heterocycles. The molecule has 0 aromatic heterocycles. The molecule has 5 nitrogen and oxygen atoms in total. The van der Waals surface area contributed by atoms with Gasteiger partial charge < -0.3 is 20.7 Å². The molecule has 13 heavy (non-hydrogen) atoms. The van der Waals surface area contributed by atoms with Crippen molar-refractivity contribution in [3.05, 3.63) is 0 Å². The molecule has 0 amide bonds. The van der Waals surface area contributed by atoms with Crippen molar-refractivity contribution in [3.8, 4) is 0 Å². The van der Waals surface area contributed by atoms with E-state index in [0.717, 1.165) is 0 Å². The minimum absolute atomic E-state index is 0.00114. The number of hydrogen-bond acceptors (Lipinski definition) is 5. The largest absolute Gasteiger partial charge is 0.462 e. The molecule has 0 rings (SSSR count). The van der Waals surface area contributed by atoms with Gasteiger partial charge in [-0.25, -0.2) is 0 Å². The molecule has 5 heteroatoms. The zero-order valence-electron chi connectivity index (χ0n) is 7.93. The highest BCUT2D eigenvalue weighted by molar-refractivity contribution is 5.75. The summed E-state index contributed by atoms with van der Waals surface area (Å²) in [5.41, 5.74) is 5.47. The van der Waals surface area contributed by atoms with E-state index in [9.17, 15) is 4.79 Å². The van der Waals surface area contributed by atoms with Crippen molar-refractivity contribution in [2.75, 3.05) is 13.2 Å². The second-order valence-corrected chi connectivity index (χ2v) is 3.24. The SMILES string of the molecule is CC(C)[C@H](N)C(=O)OCC(O)CO. The maximum Gasteiger partial charge on any atom is 0.323 e. The van der Waals surface area contributed by atoms with Crippen molar-refractivity contribution in [1.82, 2.24) is 0 Å². The van der Waals surface area contributed by atoms with Crippen LogP contribution in [0.2, 0.25) is 0 Å². The average molecular weight is 191 g/mol. The van der Waals surface area contributed by atoms with Gasteiger partial charge in [-0.2, -0.15) is 0 Å². The van der Waals surface area contributed by atoms with E-state index in [4.69, 9.17) is 15.9 Å². The predicted molar refractivity (Wildman–Crippen MR) is 46.9 cm³/mol. The van der Waals surface area contributed by atoms with E-state index >= 15 is 0 Å². The van der Waals surface area contributed by atoms with Crippen LogP contribution in [-0.4, -0.2) is 41.5 Å². The molecule has 0 bridgehead atoms. The highest BCUT2D eigenvalue weighted by Gasteiger charge is 2.19. The number of carbonyl (C=O) groups is 1. The van der Waals surface area contributed by atoms with Crippen LogP contribution in [0.5, 0.6) is 0 Å². The Kier molecular flexibility index (Phi) is 5.61. The summed E-state index contributed by atoms with van der Waals surface area (Å²) in [7, 11) is 0. The number of nitrogens with two attached hydrogens (primary N) is 1. The third-order valence-corrected chi connectivity index (χ3v) is 1.62. The van der Waals surface area contributed by atoms with E-state index in [1.807, 2.05) is 0 Å². The minimum atomic E-state index is -1.02. The summed E-state index contributed by atoms with van der Waals surface area (Å²) in [5, 5.41) is 17.3. The summed E-state index contributed by atoms with van der Waals surface area (Å²) < 4.78 is 4.64. The fourth-order valence-electron chi connectivity index (χ4n) is 0.599. The van der Waals surface area contributed by atoms with Crippen LogP contribution in [0, 0.1) is 5.92 Å². The van der Waals surface area contributed by atoms with Gasteiger partial charge in [0.1, 0.15) is 18.8 Å². The Hall–Kier alpha value is -0.650. The topological polar surface area (TPSA) is 92.8 Å². The smallest absolute Gasteiger partial charge is 0.323 e. The molecular formula is C8H17NO4. The molecule has 0 heterocycles. The summed E-state index contributed by atoms with van der Waals surface area (Å²) in [4.78, 5) is 11.1. The lowest BCUT2D eigenvalue weighted by molar-refractivity contribution is -0.149. The van der Waals surface area contributed by atoms with Crippen LogP contribution in [0.15, 0.2) is 0 Å². The van der Waals surface area contributed by atoms with Gasteiger partial charge in [0, 0.05) is 0 Å². The molecule has 0 aliphatic carbocycles. The summed E-state index contributed by atoms with van der Waals surface area (Å²) >= 11 is 0. The lowest BCUT2D eigenvalue weighted by Crippen LogP contribution is -2.38. The number of aliphatic hydroxyl groups is 2. The maximum atomic E-state index is 11.1. The Morgan fingerprint density at radius 2 is 2.08 bits per heavy atom. The molecule has 0 spiro atoms. The van der Waals surface area contributed by atoms with Gasteiger partial charge in [0.25, 0.3) is 0 Å². The van der Waals surface area contributed by atoms with Crippen molar-refractivity contribution in [2.24, 2.45) is 11.7 Å². The zero-order valence-corrected chi connectivity index (χ0v) is 7.93. The van der Waals surface area contributed by atoms with Crippen LogP contribution in [-0.2, 0) is 9.53 Å². The molecule has 0 saturated carbocycles. The second kappa shape index (κ2) is 5.90. The van der Waals surface area contributed by atoms with Gasteiger partial charge in [0.2, 0.25) is 0 Å². The fraction of sp³-hybridized carbons (Fsp3) is 0.875. The molecule has 0 aromatic carbocycles. The van der Waals surface area contributed by atoms with Gasteiger partial charge in [-0.1, -0.05) is 13.8 Å². The van der Waals surface area contributed by atoms with Crippen LogP contribution in [0.1, 0.15) is 13.8 Å². The summed E-state index contributed by atoms with van der Waals surface area (Å²) in [6, 6.07) is -0.675. The maximum absolute atomic E-state index is 11.1. The number of aliphatic hydroxyl groups excluding tert-OH is 2. The van der Waals surface area contributed by atoms with Gasteiger partial charge in [0.05, 0.1) is 6.61 Å². The van der Waals surface area contributed by atoms with Crippen molar-refractivity contribution in [3.63, 3.8) is 0 Å². The van der Waals surface area contributed by atoms with Crippen molar-refractivity contribution in [1.29, 1.82) is 0 Å². The fourth-order valence-corrected chi connectivity index (χ4v) is 0.599. The normalized spacial score (nSPS) is 15.5. The molecule has 0 aromatic rings. The van der Waals surface area contributed by atoms with Crippen molar-refractivity contribution >= 4 is 5.97 Å². The quantitative estimate of drug-likeness (QED) is 0.478. The predicted octanol–water partition coefficient (Wildman–Crippen LogP) is -1.13. The molecular weight excluding hydrogens is 174 g/mol. The van der Waals surface area contributed by atoms with E-state index in [1.54, 1.807) is 13.8 Å². The molecule has 0 aliphatic rings. The third-order valence-electron chi connectivity index (χ3n) is 1.62. The average Bonchev–Trinajstić information content (AvgIpc) is 2.11. The number of hydrogen-bond donors (Lipinski definition) is 3. The summed E-state index contributed by atoms with van der Waals surface area (Å²) in [6.45, 7) is 2.96. The number of ether oxygens (including phenoxy) is 1. The van der Waals surface area contributed by atoms with Crippen molar-refractivity contribution in [2.45, 2.75) is 26.0 Å². The van der Waals surface area contributed by atoms with Crippen LogP contribution in [0.25, 0.3) is 0 Å². The van der Waals surface area contributed by atoms with Gasteiger partial charge >= 0.3 is 5.97 Å². The first kappa shape index (κ1) is 12.3. The van der Waals surface area contributed by atoms with Gasteiger partial charge in [-0.05, 0) is 5.92 Å². The Labute approximate surface area is 77.5 Å². The molecule has 78 valence electrons. The van der Waals surface area contributed by atoms with Crippen LogP contribution in [0.3, 0.4) is 0 Å². The Morgan fingerprint density at radius 1 is 1.54 bits per heavy atom. The Bertz CT molecular complexity index is 160. The van der Waals surface area contributed by atoms with Crippen LogP contribution >= 0.6 is 0 Å². The molecule has 2 atom stereocenters. The van der Waals surface area contributed by atoms with Gasteiger partial charge in [-0.15, -0.1) is 0 Å². The molecule has 4 N–H and O–H groups in total. The monoisotopic (exact) mass is 191 g/mol. The zero-order chi connectivity index (χ0) is 10.4. The van der Waals surface area contributed by atoms with E-state index < -0.39 is 24.7 Å². The summed E-state index contributed by atoms with van der Waals surface area (Å²) in [6.07, 6.45) is -1.02. The van der Waals surface area contributed by atoms with Crippen molar-refractivity contribution < 1.29 is 19.7 Å². The van der Waals surface area contributed by atoms with Crippen LogP contribution in [0.4, 0.5) is 0 Å². The minimum Gasteiger partial charge on any atom is -0.462 e. The first-order chi connectivity index (χ1) is 5.99. The van der Waals surface area contributed by atoms with Crippen LogP contribution < -0.4 is 5.73 Å². The highest BCUT2D eigenvalue weighted by atomic mass is 16.5. The van der Waals surface area contributed by atoms with E-state index in [2.05, 4.69) is 4.74 Å². The second-order valence-electron chi connectivity index (χ2n) is 3.24. The third kappa shape index (κ3) is 4.82. The molecule has 0 radical (unpaired) electrons. The lowest BCUT2D eigenvalue weighted by Gasteiger charge is -2.15. The van der Waals surface area contributed by atoms with E-state index in [-0.39, 0.29) is 12.5 Å². The Morgan fingerprint density at radius 3 is 2.46 bits per heavy atom. The van der Waals surface area contributed by atoms with E-state index in [0.29, 0.717) is 0 Å². The Balaban J connectivity index is 3.74. The van der Waals surface area contributed by atoms with E-state index in [1.165, 1.54) is 0 Å². The summed E-state index contributed by atoms with van der Waals surface area (Å²) in [5.74, 6) is -0.554. The number of esters is 1.